The number of piperazine rings is 1. The Morgan fingerprint density at radius 3 is 2.45 bits per heavy atom. The lowest BCUT2D eigenvalue weighted by Crippen LogP contribution is -2.60. The summed E-state index contributed by atoms with van der Waals surface area (Å²) >= 11 is 0. The third-order valence-corrected chi connectivity index (χ3v) is 4.77. The second kappa shape index (κ2) is 4.86. The monoisotopic (exact) mass is 279 g/mol. The maximum Gasteiger partial charge on any atom is 0.352 e. The van der Waals surface area contributed by atoms with E-state index in [-0.39, 0.29) is 23.7 Å². The fourth-order valence-electron chi connectivity index (χ4n) is 3.69. The van der Waals surface area contributed by atoms with Gasteiger partial charge in [-0.15, -0.1) is 0 Å². The fourth-order valence-corrected chi connectivity index (χ4v) is 3.69. The van der Waals surface area contributed by atoms with Gasteiger partial charge >= 0.3 is 5.97 Å². The Balaban J connectivity index is 1.90. The van der Waals surface area contributed by atoms with Crippen LogP contribution in [0.5, 0.6) is 0 Å². The van der Waals surface area contributed by atoms with Crippen molar-refractivity contribution in [3.63, 3.8) is 0 Å². The zero-order valence-corrected chi connectivity index (χ0v) is 12.0. The second-order valence-corrected chi connectivity index (χ2v) is 5.85. The molecule has 0 saturated carbocycles. The van der Waals surface area contributed by atoms with Crippen LogP contribution in [-0.4, -0.2) is 77.0 Å². The van der Waals surface area contributed by atoms with Crippen LogP contribution in [0.3, 0.4) is 0 Å². The average Bonchev–Trinajstić information content (AvgIpc) is 2.68. The minimum Gasteiger partial charge on any atom is -0.477 e. The number of fused-ring (bicyclic) bond motifs is 1. The van der Waals surface area contributed by atoms with E-state index in [1.807, 2.05) is 6.92 Å². The molecule has 2 fully saturated rings. The Morgan fingerprint density at radius 2 is 1.95 bits per heavy atom. The maximum absolute atomic E-state index is 11.8. The van der Waals surface area contributed by atoms with Gasteiger partial charge in [-0.1, -0.05) is 6.92 Å². The van der Waals surface area contributed by atoms with Crippen LogP contribution < -0.4 is 0 Å². The summed E-state index contributed by atoms with van der Waals surface area (Å²) in [6.07, 6.45) is 1.18. The molecule has 1 amide bonds. The van der Waals surface area contributed by atoms with Gasteiger partial charge in [0.25, 0.3) is 0 Å². The van der Waals surface area contributed by atoms with E-state index in [2.05, 4.69) is 16.8 Å². The van der Waals surface area contributed by atoms with Crippen LogP contribution in [0.2, 0.25) is 0 Å². The maximum atomic E-state index is 11.8. The third kappa shape index (κ3) is 1.86. The molecule has 0 aliphatic carbocycles. The molecule has 6 heteroatoms. The lowest BCUT2D eigenvalue weighted by atomic mass is 9.92. The van der Waals surface area contributed by atoms with Crippen molar-refractivity contribution in [1.29, 1.82) is 0 Å². The summed E-state index contributed by atoms with van der Waals surface area (Å²) in [6, 6.07) is 0.157. The summed E-state index contributed by atoms with van der Waals surface area (Å²) in [5.41, 5.74) is 1.18. The highest BCUT2D eigenvalue weighted by atomic mass is 16.4. The predicted molar refractivity (Wildman–Crippen MR) is 73.1 cm³/mol. The van der Waals surface area contributed by atoms with Gasteiger partial charge in [-0.25, -0.2) is 4.79 Å². The lowest BCUT2D eigenvalue weighted by molar-refractivity contribution is -0.149. The van der Waals surface area contributed by atoms with E-state index in [1.165, 1.54) is 4.90 Å². The molecule has 110 valence electrons. The molecular formula is C14H21N3O3. The highest BCUT2D eigenvalue weighted by Crippen LogP contribution is 2.42. The van der Waals surface area contributed by atoms with E-state index < -0.39 is 5.97 Å². The molecule has 0 aromatic carbocycles. The minimum atomic E-state index is -0.962. The van der Waals surface area contributed by atoms with E-state index in [0.29, 0.717) is 12.8 Å². The number of carboxylic acids is 1. The van der Waals surface area contributed by atoms with Crippen molar-refractivity contribution >= 4 is 11.9 Å². The SMILES string of the molecule is CCC1=C(C(=O)O)N2C(=O)CC2C1N1CCN(C)CC1. The van der Waals surface area contributed by atoms with Crippen molar-refractivity contribution in [2.24, 2.45) is 0 Å². The topological polar surface area (TPSA) is 64.1 Å². The van der Waals surface area contributed by atoms with Crippen molar-refractivity contribution in [2.45, 2.75) is 31.8 Å². The van der Waals surface area contributed by atoms with Crippen molar-refractivity contribution in [2.75, 3.05) is 33.2 Å². The number of likely N-dealkylation sites (N-methyl/N-ethyl adjacent to an activating group) is 1. The van der Waals surface area contributed by atoms with E-state index >= 15 is 0 Å². The zero-order valence-electron chi connectivity index (χ0n) is 12.0. The van der Waals surface area contributed by atoms with E-state index in [4.69, 9.17) is 0 Å². The third-order valence-electron chi connectivity index (χ3n) is 4.77. The normalized spacial score (nSPS) is 31.5. The number of carbonyl (C=O) groups is 2. The van der Waals surface area contributed by atoms with Gasteiger partial charge in [0.2, 0.25) is 5.91 Å². The van der Waals surface area contributed by atoms with Crippen molar-refractivity contribution in [3.05, 3.63) is 11.3 Å². The summed E-state index contributed by atoms with van der Waals surface area (Å²) in [7, 11) is 2.10. The van der Waals surface area contributed by atoms with Crippen LogP contribution in [0, 0.1) is 0 Å². The largest absolute Gasteiger partial charge is 0.477 e. The first-order valence-electron chi connectivity index (χ1n) is 7.25. The summed E-state index contributed by atoms with van der Waals surface area (Å²) in [6.45, 7) is 5.86. The molecule has 1 N–H and O–H groups in total. The molecule has 0 radical (unpaired) electrons. The molecule has 3 heterocycles. The molecule has 20 heavy (non-hydrogen) atoms. The molecule has 3 rings (SSSR count). The van der Waals surface area contributed by atoms with E-state index in [0.717, 1.165) is 31.8 Å². The molecule has 3 aliphatic heterocycles. The van der Waals surface area contributed by atoms with Crippen molar-refractivity contribution < 1.29 is 14.7 Å². The summed E-state index contributed by atoms with van der Waals surface area (Å²) in [5, 5.41) is 9.43. The lowest BCUT2D eigenvalue weighted by Gasteiger charge is -2.44. The van der Waals surface area contributed by atoms with Gasteiger partial charge in [0, 0.05) is 32.6 Å². The van der Waals surface area contributed by atoms with Gasteiger partial charge in [0.05, 0.1) is 12.1 Å². The van der Waals surface area contributed by atoms with Gasteiger partial charge in [-0.05, 0) is 19.0 Å². The molecule has 2 unspecified atom stereocenters. The number of hydrogen-bond acceptors (Lipinski definition) is 4. The molecule has 6 nitrogen and oxygen atoms in total. The molecule has 0 spiro atoms. The van der Waals surface area contributed by atoms with Crippen molar-refractivity contribution in [3.8, 4) is 0 Å². The minimum absolute atomic E-state index is 0.0463. The first-order chi connectivity index (χ1) is 9.54. The number of carbonyl (C=O) groups excluding carboxylic acids is 1. The van der Waals surface area contributed by atoms with Crippen molar-refractivity contribution in [1.82, 2.24) is 14.7 Å². The quantitative estimate of drug-likeness (QED) is 0.735. The van der Waals surface area contributed by atoms with Crippen LogP contribution in [0.15, 0.2) is 11.3 Å². The number of β-lactam (4-membered cyclic amide) rings is 1. The number of nitrogens with zero attached hydrogens (tertiary/aromatic N) is 3. The summed E-state index contributed by atoms with van der Waals surface area (Å²) in [5.74, 6) is -1.01. The Morgan fingerprint density at radius 1 is 1.30 bits per heavy atom. The Labute approximate surface area is 118 Å². The number of amides is 1. The fraction of sp³-hybridized carbons (Fsp3) is 0.714. The van der Waals surface area contributed by atoms with Crippen LogP contribution in [-0.2, 0) is 9.59 Å². The summed E-state index contributed by atoms with van der Waals surface area (Å²) < 4.78 is 0. The second-order valence-electron chi connectivity index (χ2n) is 5.85. The number of carboxylic acid groups (broad SMARTS) is 1. The Kier molecular flexibility index (Phi) is 3.30. The highest BCUT2D eigenvalue weighted by molar-refractivity contribution is 5.98. The van der Waals surface area contributed by atoms with Gasteiger partial charge in [0.15, 0.2) is 0 Å². The molecule has 0 aromatic heterocycles. The Bertz CT molecular complexity index is 480. The summed E-state index contributed by atoms with van der Waals surface area (Å²) in [4.78, 5) is 29.4. The van der Waals surface area contributed by atoms with Crippen LogP contribution in [0.25, 0.3) is 0 Å². The molecule has 0 bridgehead atoms. The highest BCUT2D eigenvalue weighted by Gasteiger charge is 2.54. The van der Waals surface area contributed by atoms with Gasteiger partial charge in [0.1, 0.15) is 5.70 Å². The average molecular weight is 279 g/mol. The van der Waals surface area contributed by atoms with E-state index in [1.54, 1.807) is 0 Å². The zero-order chi connectivity index (χ0) is 14.4. The van der Waals surface area contributed by atoms with Gasteiger partial charge in [-0.3, -0.25) is 9.69 Å². The Hall–Kier alpha value is -1.40. The van der Waals surface area contributed by atoms with Crippen LogP contribution in [0.4, 0.5) is 0 Å². The smallest absolute Gasteiger partial charge is 0.352 e. The van der Waals surface area contributed by atoms with Gasteiger partial charge < -0.3 is 14.9 Å². The standard InChI is InChI=1S/C14H21N3O3/c1-3-9-12(16-6-4-15(2)5-7-16)10-8-11(18)17(10)13(9)14(19)20/h10,12H,3-8H2,1-2H3,(H,19,20). The number of rotatable bonds is 3. The molecule has 2 atom stereocenters. The van der Waals surface area contributed by atoms with E-state index in [9.17, 15) is 14.7 Å². The van der Waals surface area contributed by atoms with Crippen LogP contribution >= 0.6 is 0 Å². The molecular weight excluding hydrogens is 258 g/mol. The predicted octanol–water partition coefficient (Wildman–Crippen LogP) is -0.0344. The molecule has 0 aromatic rings. The van der Waals surface area contributed by atoms with Crippen LogP contribution in [0.1, 0.15) is 19.8 Å². The first kappa shape index (κ1) is 13.6. The molecule has 3 aliphatic rings. The van der Waals surface area contributed by atoms with Gasteiger partial charge in [-0.2, -0.15) is 0 Å². The number of hydrogen-bond donors (Lipinski definition) is 1. The molecule has 2 saturated heterocycles. The number of aliphatic carboxylic acids is 1. The first-order valence-corrected chi connectivity index (χ1v) is 7.25.